The number of imidazole rings is 1. The molecule has 0 saturated heterocycles. The average Bonchev–Trinajstić information content (AvgIpc) is 3.96. The Labute approximate surface area is 362 Å². The molecule has 0 radical (unpaired) electrons. The topological polar surface area (TPSA) is 22.8 Å². The number of hydrogen-bond acceptors (Lipinski definition) is 1. The Hall–Kier alpha value is -7.69. The molecule has 0 fully saturated rings. The van der Waals surface area contributed by atoms with Gasteiger partial charge in [-0.2, -0.15) is 0 Å². The summed E-state index contributed by atoms with van der Waals surface area (Å²) >= 11 is 0. The summed E-state index contributed by atoms with van der Waals surface area (Å²) in [6, 6.07) is 79.8. The molecular weight excluding hydrogens is 749 g/mol. The molecule has 292 valence electrons. The fraction of sp³-hybridized carbons (Fsp3) is 0.0517. The SMILES string of the molecule is CC1(C)c2ccccc2-c2ccc(B(c3ccc(-c4ccc5c(c4)c4ccccc4n5-c4ccccc4)cc3)c3ccc(-c4nc5ccccc5n4-c4ccccc4)cc3)cc21. The minimum absolute atomic E-state index is 0.0159. The normalized spacial score (nSPS) is 12.8. The van der Waals surface area contributed by atoms with Crippen LogP contribution in [0.4, 0.5) is 0 Å². The van der Waals surface area contributed by atoms with Gasteiger partial charge in [-0.25, -0.2) is 4.98 Å². The molecule has 3 nitrogen and oxygen atoms in total. The lowest BCUT2D eigenvalue weighted by molar-refractivity contribution is 0.661. The first kappa shape index (κ1) is 36.2. The van der Waals surface area contributed by atoms with Crippen LogP contribution in [0.1, 0.15) is 25.0 Å². The van der Waals surface area contributed by atoms with Crippen molar-refractivity contribution in [1.29, 1.82) is 0 Å². The van der Waals surface area contributed by atoms with Gasteiger partial charge >= 0.3 is 0 Å². The van der Waals surface area contributed by atoms with Gasteiger partial charge in [-0.1, -0.05) is 194 Å². The standard InChI is InChI=1S/C58H42BN3/c1-58(2)51-21-11-9-19-47(51)48-35-34-44(38-52(48)58)59(43-32-27-40(28-33-43)57-60-53-22-12-14-24-56(53)62(57)46-17-7-4-8-18-46)42-30-25-39(26-31-42)41-29-36-55-50(37-41)49-20-10-13-23-54(49)61(55)45-15-5-3-6-16-45/h3-38H,1-2H3. The largest absolute Gasteiger partial charge is 0.309 e. The van der Waals surface area contributed by atoms with E-state index in [1.165, 1.54) is 77.3 Å². The molecule has 0 N–H and O–H groups in total. The lowest BCUT2D eigenvalue weighted by atomic mass is 9.36. The van der Waals surface area contributed by atoms with Crippen molar-refractivity contribution in [2.45, 2.75) is 19.3 Å². The molecule has 12 rings (SSSR count). The van der Waals surface area contributed by atoms with Crippen LogP contribution in [0.5, 0.6) is 0 Å². The van der Waals surface area contributed by atoms with E-state index in [4.69, 9.17) is 4.98 Å². The highest BCUT2D eigenvalue weighted by atomic mass is 15.1. The summed E-state index contributed by atoms with van der Waals surface area (Å²) in [4.78, 5) is 5.18. The zero-order valence-corrected chi connectivity index (χ0v) is 34.7. The first-order chi connectivity index (χ1) is 30.5. The molecule has 1 aliphatic rings. The van der Waals surface area contributed by atoms with Crippen molar-refractivity contribution in [3.63, 3.8) is 0 Å². The van der Waals surface area contributed by atoms with Crippen molar-refractivity contribution in [3.8, 4) is 45.0 Å². The number of para-hydroxylation sites is 5. The Morgan fingerprint density at radius 3 is 1.68 bits per heavy atom. The molecule has 0 spiro atoms. The van der Waals surface area contributed by atoms with Gasteiger partial charge in [0.15, 0.2) is 0 Å². The maximum absolute atomic E-state index is 5.18. The number of benzene rings is 9. The highest BCUT2D eigenvalue weighted by molar-refractivity contribution is 6.95. The quantitative estimate of drug-likeness (QED) is 0.147. The third-order valence-corrected chi connectivity index (χ3v) is 13.3. The molecule has 0 aliphatic heterocycles. The van der Waals surface area contributed by atoms with Crippen molar-refractivity contribution in [3.05, 3.63) is 230 Å². The van der Waals surface area contributed by atoms with E-state index in [-0.39, 0.29) is 12.1 Å². The number of rotatable bonds is 7. The first-order valence-electron chi connectivity index (χ1n) is 21.6. The van der Waals surface area contributed by atoms with Gasteiger partial charge in [-0.05, 0) is 88.0 Å². The van der Waals surface area contributed by atoms with Crippen LogP contribution >= 0.6 is 0 Å². The summed E-state index contributed by atoms with van der Waals surface area (Å²) in [6.07, 6.45) is 0. The second-order valence-electron chi connectivity index (χ2n) is 17.2. The summed E-state index contributed by atoms with van der Waals surface area (Å²) < 4.78 is 4.65. The molecule has 62 heavy (non-hydrogen) atoms. The van der Waals surface area contributed by atoms with Crippen molar-refractivity contribution in [2.75, 3.05) is 0 Å². The van der Waals surface area contributed by atoms with Gasteiger partial charge in [-0.3, -0.25) is 4.57 Å². The second kappa shape index (κ2) is 14.2. The maximum atomic E-state index is 5.18. The van der Waals surface area contributed by atoms with Gasteiger partial charge in [0, 0.05) is 33.1 Å². The highest BCUT2D eigenvalue weighted by Gasteiger charge is 2.36. The molecule has 11 aromatic rings. The first-order valence-corrected chi connectivity index (χ1v) is 21.6. The Morgan fingerprint density at radius 2 is 0.935 bits per heavy atom. The Kier molecular flexibility index (Phi) is 8.30. The summed E-state index contributed by atoms with van der Waals surface area (Å²) in [6.45, 7) is 4.75. The van der Waals surface area contributed by atoms with Crippen LogP contribution in [0.15, 0.2) is 218 Å². The van der Waals surface area contributed by atoms with E-state index in [2.05, 4.69) is 241 Å². The Balaban J connectivity index is 0.968. The fourth-order valence-electron chi connectivity index (χ4n) is 10.2. The van der Waals surface area contributed by atoms with Gasteiger partial charge in [0.25, 0.3) is 0 Å². The molecule has 9 aromatic carbocycles. The summed E-state index contributed by atoms with van der Waals surface area (Å²) in [7, 11) is 0. The van der Waals surface area contributed by atoms with Crippen LogP contribution in [-0.2, 0) is 5.41 Å². The summed E-state index contributed by atoms with van der Waals surface area (Å²) in [5, 5.41) is 2.51. The van der Waals surface area contributed by atoms with E-state index >= 15 is 0 Å². The number of aromatic nitrogens is 3. The lowest BCUT2D eigenvalue weighted by Crippen LogP contribution is -2.52. The fourth-order valence-corrected chi connectivity index (χ4v) is 10.2. The van der Waals surface area contributed by atoms with Gasteiger partial charge in [0.05, 0.1) is 22.1 Å². The van der Waals surface area contributed by atoms with Crippen molar-refractivity contribution >= 4 is 55.9 Å². The summed E-state index contributed by atoms with van der Waals surface area (Å²) in [5.74, 6) is 0.936. The van der Waals surface area contributed by atoms with Crippen molar-refractivity contribution in [2.24, 2.45) is 0 Å². The van der Waals surface area contributed by atoms with E-state index in [9.17, 15) is 0 Å². The third-order valence-electron chi connectivity index (χ3n) is 13.3. The van der Waals surface area contributed by atoms with Crippen molar-refractivity contribution < 1.29 is 0 Å². The molecule has 0 saturated carbocycles. The Bertz CT molecular complexity index is 3470. The average molecular weight is 792 g/mol. The number of hydrogen-bond donors (Lipinski definition) is 0. The van der Waals surface area contributed by atoms with Crippen LogP contribution in [0.3, 0.4) is 0 Å². The number of fused-ring (bicyclic) bond motifs is 7. The number of nitrogens with zero attached hydrogens (tertiary/aromatic N) is 3. The highest BCUT2D eigenvalue weighted by Crippen LogP contribution is 2.48. The predicted octanol–water partition coefficient (Wildman–Crippen LogP) is 12.3. The zero-order valence-electron chi connectivity index (χ0n) is 34.7. The minimum atomic E-state index is -0.0982. The van der Waals surface area contributed by atoms with Crippen molar-refractivity contribution in [1.82, 2.24) is 14.1 Å². The van der Waals surface area contributed by atoms with Gasteiger partial charge in [-0.15, -0.1) is 0 Å². The van der Waals surface area contributed by atoms with Gasteiger partial charge in [0.1, 0.15) is 5.82 Å². The van der Waals surface area contributed by atoms with Gasteiger partial charge < -0.3 is 4.57 Å². The lowest BCUT2D eigenvalue weighted by Gasteiger charge is -2.23. The third kappa shape index (κ3) is 5.71. The van der Waals surface area contributed by atoms with Crippen LogP contribution in [0, 0.1) is 0 Å². The molecule has 0 amide bonds. The summed E-state index contributed by atoms with van der Waals surface area (Å²) in [5.41, 5.74) is 19.4. The molecule has 4 heteroatoms. The zero-order chi connectivity index (χ0) is 41.4. The Morgan fingerprint density at radius 1 is 0.387 bits per heavy atom. The second-order valence-corrected chi connectivity index (χ2v) is 17.2. The monoisotopic (exact) mass is 791 g/mol. The van der Waals surface area contributed by atoms with Gasteiger partial charge in [0.2, 0.25) is 6.71 Å². The van der Waals surface area contributed by atoms with Crippen LogP contribution < -0.4 is 16.4 Å². The smallest absolute Gasteiger partial charge is 0.241 e. The predicted molar refractivity (Wildman–Crippen MR) is 261 cm³/mol. The van der Waals surface area contributed by atoms with Crippen LogP contribution in [-0.4, -0.2) is 20.8 Å². The maximum Gasteiger partial charge on any atom is 0.241 e. The minimum Gasteiger partial charge on any atom is -0.309 e. The van der Waals surface area contributed by atoms with E-state index < -0.39 is 0 Å². The van der Waals surface area contributed by atoms with Crippen LogP contribution in [0.25, 0.3) is 77.9 Å². The van der Waals surface area contributed by atoms with E-state index in [1.807, 2.05) is 0 Å². The molecule has 2 aromatic heterocycles. The molecule has 1 aliphatic carbocycles. The van der Waals surface area contributed by atoms with E-state index in [0.717, 1.165) is 28.1 Å². The van der Waals surface area contributed by atoms with E-state index in [0.29, 0.717) is 0 Å². The van der Waals surface area contributed by atoms with E-state index in [1.54, 1.807) is 0 Å². The molecular formula is C58H42BN3. The molecule has 0 unspecified atom stereocenters. The molecule has 0 bridgehead atoms. The molecule has 0 atom stereocenters. The molecule has 2 heterocycles. The van der Waals surface area contributed by atoms with Crippen LogP contribution in [0.2, 0.25) is 0 Å².